The van der Waals surface area contributed by atoms with E-state index in [9.17, 15) is 9.90 Å². The average molecular weight is 313 g/mol. The predicted octanol–water partition coefficient (Wildman–Crippen LogP) is 2.84. The topological polar surface area (TPSA) is 75.6 Å². The molecule has 0 unspecified atom stereocenters. The summed E-state index contributed by atoms with van der Waals surface area (Å²) in [6.45, 7) is 1.67. The van der Waals surface area contributed by atoms with Gasteiger partial charge >= 0.3 is 5.97 Å². The van der Waals surface area contributed by atoms with Gasteiger partial charge in [-0.2, -0.15) is 0 Å². The Morgan fingerprint density at radius 1 is 1.17 bits per heavy atom. The van der Waals surface area contributed by atoms with Crippen molar-refractivity contribution in [3.8, 4) is 17.1 Å². The van der Waals surface area contributed by atoms with Gasteiger partial charge in [-0.15, -0.1) is 0 Å². The van der Waals surface area contributed by atoms with Crippen LogP contribution in [0.3, 0.4) is 0 Å². The van der Waals surface area contributed by atoms with Crippen molar-refractivity contribution < 1.29 is 14.6 Å². The van der Waals surface area contributed by atoms with Crippen molar-refractivity contribution in [2.45, 2.75) is 19.3 Å². The molecule has 1 fully saturated rings. The number of piperidine rings is 1. The van der Waals surface area contributed by atoms with Crippen molar-refractivity contribution in [2.24, 2.45) is 0 Å². The largest absolute Gasteiger partial charge is 0.497 e. The van der Waals surface area contributed by atoms with Crippen LogP contribution in [0.5, 0.6) is 5.75 Å². The number of aromatic carboxylic acids is 1. The van der Waals surface area contributed by atoms with Crippen molar-refractivity contribution in [1.82, 2.24) is 9.97 Å². The molecule has 0 saturated carbocycles. The molecule has 0 bridgehead atoms. The van der Waals surface area contributed by atoms with Gasteiger partial charge in [-0.3, -0.25) is 0 Å². The third kappa shape index (κ3) is 3.26. The number of carboxylic acid groups (broad SMARTS) is 1. The van der Waals surface area contributed by atoms with E-state index in [1.807, 2.05) is 29.2 Å². The van der Waals surface area contributed by atoms with Crippen LogP contribution in [-0.2, 0) is 0 Å². The highest BCUT2D eigenvalue weighted by Gasteiger charge is 2.21. The van der Waals surface area contributed by atoms with E-state index in [1.165, 1.54) is 12.6 Å². The molecule has 0 aliphatic carbocycles. The second-order valence-electron chi connectivity index (χ2n) is 5.51. The maximum absolute atomic E-state index is 11.5. The Hall–Kier alpha value is -2.63. The van der Waals surface area contributed by atoms with E-state index >= 15 is 0 Å². The van der Waals surface area contributed by atoms with Crippen LogP contribution >= 0.6 is 0 Å². The van der Waals surface area contributed by atoms with Crippen molar-refractivity contribution in [3.63, 3.8) is 0 Å². The molecule has 1 aliphatic rings. The summed E-state index contributed by atoms with van der Waals surface area (Å²) in [6, 6.07) is 7.41. The Bertz CT molecular complexity index is 695. The third-order valence-electron chi connectivity index (χ3n) is 4.00. The molecule has 0 spiro atoms. The first-order valence-electron chi connectivity index (χ1n) is 7.69. The van der Waals surface area contributed by atoms with Crippen LogP contribution < -0.4 is 9.64 Å². The molecular weight excluding hydrogens is 294 g/mol. The van der Waals surface area contributed by atoms with Gasteiger partial charge < -0.3 is 14.7 Å². The first-order valence-corrected chi connectivity index (χ1v) is 7.69. The van der Waals surface area contributed by atoms with Crippen LogP contribution in [0.2, 0.25) is 0 Å². The fourth-order valence-corrected chi connectivity index (χ4v) is 2.75. The van der Waals surface area contributed by atoms with Crippen LogP contribution in [0, 0.1) is 0 Å². The van der Waals surface area contributed by atoms with Gasteiger partial charge in [0.25, 0.3) is 0 Å². The van der Waals surface area contributed by atoms with E-state index in [0.717, 1.165) is 37.2 Å². The van der Waals surface area contributed by atoms with Crippen molar-refractivity contribution in [1.29, 1.82) is 0 Å². The molecule has 0 amide bonds. The van der Waals surface area contributed by atoms with E-state index in [4.69, 9.17) is 4.74 Å². The zero-order valence-corrected chi connectivity index (χ0v) is 13.0. The summed E-state index contributed by atoms with van der Waals surface area (Å²) in [7, 11) is 1.61. The van der Waals surface area contributed by atoms with Crippen LogP contribution in [-0.4, -0.2) is 41.2 Å². The Balaban J connectivity index is 1.99. The maximum Gasteiger partial charge on any atom is 0.341 e. The fraction of sp³-hybridized carbons (Fsp3) is 0.353. The number of carbonyl (C=O) groups is 1. The fourth-order valence-electron chi connectivity index (χ4n) is 2.75. The van der Waals surface area contributed by atoms with E-state index < -0.39 is 5.97 Å². The monoisotopic (exact) mass is 313 g/mol. The minimum absolute atomic E-state index is 0.157. The normalized spacial score (nSPS) is 14.6. The molecule has 0 atom stereocenters. The summed E-state index contributed by atoms with van der Waals surface area (Å²) < 4.78 is 5.15. The lowest BCUT2D eigenvalue weighted by molar-refractivity contribution is 0.0696. The summed E-state index contributed by atoms with van der Waals surface area (Å²) in [6.07, 6.45) is 4.69. The number of rotatable bonds is 4. The van der Waals surface area contributed by atoms with E-state index in [2.05, 4.69) is 9.97 Å². The SMILES string of the molecule is COc1ccc(-c2ncc(C(=O)O)c(N3CCCCC3)n2)cc1. The first kappa shape index (κ1) is 15.3. The van der Waals surface area contributed by atoms with Crippen LogP contribution in [0.4, 0.5) is 5.82 Å². The highest BCUT2D eigenvalue weighted by molar-refractivity contribution is 5.93. The van der Waals surface area contributed by atoms with Crippen molar-refractivity contribution in [3.05, 3.63) is 36.0 Å². The summed E-state index contributed by atoms with van der Waals surface area (Å²) in [5.41, 5.74) is 0.991. The molecule has 2 heterocycles. The van der Waals surface area contributed by atoms with Gasteiger partial charge in [0.15, 0.2) is 5.82 Å². The number of nitrogens with zero attached hydrogens (tertiary/aromatic N) is 3. The average Bonchev–Trinajstić information content (AvgIpc) is 2.62. The summed E-state index contributed by atoms with van der Waals surface area (Å²) in [5.74, 6) is 0.801. The first-order chi connectivity index (χ1) is 11.2. The van der Waals surface area contributed by atoms with Gasteiger partial charge in [0.1, 0.15) is 17.1 Å². The van der Waals surface area contributed by atoms with Crippen LogP contribution in [0.1, 0.15) is 29.6 Å². The molecule has 6 heteroatoms. The van der Waals surface area contributed by atoms with Crippen LogP contribution in [0.15, 0.2) is 30.5 Å². The summed E-state index contributed by atoms with van der Waals surface area (Å²) in [5, 5.41) is 9.40. The molecule has 3 rings (SSSR count). The van der Waals surface area contributed by atoms with Crippen LogP contribution in [0.25, 0.3) is 11.4 Å². The lowest BCUT2D eigenvalue weighted by Crippen LogP contribution is -2.32. The molecule has 120 valence electrons. The summed E-state index contributed by atoms with van der Waals surface area (Å²) in [4.78, 5) is 22.3. The molecule has 1 saturated heterocycles. The van der Waals surface area contributed by atoms with E-state index in [-0.39, 0.29) is 5.56 Å². The molecule has 6 nitrogen and oxygen atoms in total. The number of carboxylic acids is 1. The predicted molar refractivity (Wildman–Crippen MR) is 87.0 cm³/mol. The molecule has 2 aromatic rings. The van der Waals surface area contributed by atoms with Gasteiger partial charge in [-0.25, -0.2) is 14.8 Å². The second kappa shape index (κ2) is 6.64. The zero-order valence-electron chi connectivity index (χ0n) is 13.0. The highest BCUT2D eigenvalue weighted by atomic mass is 16.5. The van der Waals surface area contributed by atoms with E-state index in [1.54, 1.807) is 7.11 Å². The van der Waals surface area contributed by atoms with E-state index in [0.29, 0.717) is 11.6 Å². The molecule has 1 aliphatic heterocycles. The minimum Gasteiger partial charge on any atom is -0.497 e. The molecular formula is C17H19N3O3. The number of benzene rings is 1. The number of aromatic nitrogens is 2. The molecule has 1 N–H and O–H groups in total. The third-order valence-corrected chi connectivity index (χ3v) is 4.00. The Kier molecular flexibility index (Phi) is 4.41. The number of anilines is 1. The molecule has 1 aromatic heterocycles. The number of hydrogen-bond donors (Lipinski definition) is 1. The minimum atomic E-state index is -0.994. The number of ether oxygens (including phenoxy) is 1. The Labute approximate surface area is 134 Å². The molecule has 23 heavy (non-hydrogen) atoms. The highest BCUT2D eigenvalue weighted by Crippen LogP contribution is 2.26. The second-order valence-corrected chi connectivity index (χ2v) is 5.51. The van der Waals surface area contributed by atoms with Crippen molar-refractivity contribution in [2.75, 3.05) is 25.1 Å². The summed E-state index contributed by atoms with van der Waals surface area (Å²) >= 11 is 0. The molecule has 1 aromatic carbocycles. The van der Waals surface area contributed by atoms with Gasteiger partial charge in [0.2, 0.25) is 0 Å². The number of hydrogen-bond acceptors (Lipinski definition) is 5. The standard InChI is InChI=1S/C17H19N3O3/c1-23-13-7-5-12(6-8-13)15-18-11-14(17(21)22)16(19-15)20-9-3-2-4-10-20/h5-8,11H,2-4,9-10H2,1H3,(H,21,22). The van der Waals surface area contributed by atoms with Gasteiger partial charge in [0, 0.05) is 24.8 Å². The van der Waals surface area contributed by atoms with Crippen molar-refractivity contribution >= 4 is 11.8 Å². The lowest BCUT2D eigenvalue weighted by Gasteiger charge is -2.28. The smallest absolute Gasteiger partial charge is 0.341 e. The number of methoxy groups -OCH3 is 1. The lowest BCUT2D eigenvalue weighted by atomic mass is 10.1. The quantitative estimate of drug-likeness (QED) is 0.935. The van der Waals surface area contributed by atoms with Gasteiger partial charge in [-0.05, 0) is 43.5 Å². The van der Waals surface area contributed by atoms with Gasteiger partial charge in [0.05, 0.1) is 7.11 Å². The zero-order chi connectivity index (χ0) is 16.2. The Morgan fingerprint density at radius 3 is 2.48 bits per heavy atom. The Morgan fingerprint density at radius 2 is 1.87 bits per heavy atom. The maximum atomic E-state index is 11.5. The molecule has 0 radical (unpaired) electrons. The van der Waals surface area contributed by atoms with Gasteiger partial charge in [-0.1, -0.05) is 0 Å².